The topological polar surface area (TPSA) is 81.8 Å². The van der Waals surface area contributed by atoms with E-state index in [-0.39, 0.29) is 17.7 Å². The second-order valence-electron chi connectivity index (χ2n) is 8.73. The average Bonchev–Trinajstić information content (AvgIpc) is 2.64. The van der Waals surface area contributed by atoms with E-state index in [1.165, 1.54) is 0 Å². The van der Waals surface area contributed by atoms with E-state index in [2.05, 4.69) is 15.5 Å². The van der Waals surface area contributed by atoms with Gasteiger partial charge in [-0.25, -0.2) is 0 Å². The van der Waals surface area contributed by atoms with Crippen LogP contribution in [-0.2, 0) is 14.4 Å². The lowest BCUT2D eigenvalue weighted by molar-refractivity contribution is -0.133. The number of anilines is 1. The molecule has 29 heavy (non-hydrogen) atoms. The summed E-state index contributed by atoms with van der Waals surface area (Å²) in [6.07, 6.45) is 0.300. The highest BCUT2D eigenvalue weighted by atomic mass is 16.2. The number of piperazine rings is 1. The fraction of sp³-hybridized carbons (Fsp3) is 0.591. The third-order valence-corrected chi connectivity index (χ3v) is 5.14. The number of rotatable bonds is 6. The third-order valence-electron chi connectivity index (χ3n) is 5.14. The number of hydrogen-bond acceptors (Lipinski definition) is 4. The van der Waals surface area contributed by atoms with Crippen molar-refractivity contribution in [3.8, 4) is 0 Å². The number of hydrogen-bond donors (Lipinski definition) is 2. The van der Waals surface area contributed by atoms with Gasteiger partial charge in [0.2, 0.25) is 17.7 Å². The molecule has 2 N–H and O–H groups in total. The highest BCUT2D eigenvalue weighted by molar-refractivity contribution is 5.93. The Balaban J connectivity index is 1.72. The minimum absolute atomic E-state index is 0.0351. The first-order valence-electron chi connectivity index (χ1n) is 10.2. The average molecular weight is 403 g/mol. The zero-order valence-electron chi connectivity index (χ0n) is 18.3. The van der Waals surface area contributed by atoms with Crippen LogP contribution in [0.1, 0.15) is 38.3 Å². The largest absolute Gasteiger partial charge is 0.355 e. The van der Waals surface area contributed by atoms with Crippen molar-refractivity contribution in [2.24, 2.45) is 5.41 Å². The van der Waals surface area contributed by atoms with Crippen LogP contribution in [-0.4, -0.2) is 66.8 Å². The number of carbonyl (C=O) groups excluding carboxylic acids is 3. The summed E-state index contributed by atoms with van der Waals surface area (Å²) in [6, 6.07) is 5.94. The number of nitrogens with one attached hydrogen (secondary N) is 2. The lowest BCUT2D eigenvalue weighted by atomic mass is 9.96. The molecule has 0 aliphatic carbocycles. The Labute approximate surface area is 173 Å². The van der Waals surface area contributed by atoms with E-state index in [4.69, 9.17) is 0 Å². The van der Waals surface area contributed by atoms with Gasteiger partial charge in [0.05, 0.1) is 6.54 Å². The van der Waals surface area contributed by atoms with Crippen molar-refractivity contribution in [3.63, 3.8) is 0 Å². The monoisotopic (exact) mass is 402 g/mol. The van der Waals surface area contributed by atoms with Gasteiger partial charge in [-0.1, -0.05) is 39.0 Å². The Morgan fingerprint density at radius 3 is 2.14 bits per heavy atom. The van der Waals surface area contributed by atoms with E-state index in [0.717, 1.165) is 16.8 Å². The first kappa shape index (κ1) is 22.9. The van der Waals surface area contributed by atoms with Crippen LogP contribution >= 0.6 is 0 Å². The number of carbonyl (C=O) groups is 3. The number of amides is 3. The van der Waals surface area contributed by atoms with Gasteiger partial charge < -0.3 is 15.5 Å². The first-order chi connectivity index (χ1) is 13.6. The predicted molar refractivity (Wildman–Crippen MR) is 115 cm³/mol. The molecule has 1 aromatic rings. The Morgan fingerprint density at radius 1 is 1.00 bits per heavy atom. The van der Waals surface area contributed by atoms with E-state index in [1.54, 1.807) is 0 Å². The molecule has 0 radical (unpaired) electrons. The molecular formula is C22H34N4O3. The van der Waals surface area contributed by atoms with Crippen molar-refractivity contribution >= 4 is 23.4 Å². The molecule has 0 unspecified atom stereocenters. The van der Waals surface area contributed by atoms with Crippen molar-refractivity contribution in [1.82, 2.24) is 15.1 Å². The van der Waals surface area contributed by atoms with Crippen molar-refractivity contribution in [2.45, 2.75) is 41.0 Å². The molecule has 1 aromatic carbocycles. The molecule has 1 fully saturated rings. The molecule has 0 atom stereocenters. The van der Waals surface area contributed by atoms with Crippen LogP contribution in [0.5, 0.6) is 0 Å². The summed E-state index contributed by atoms with van der Waals surface area (Å²) in [7, 11) is 0. The van der Waals surface area contributed by atoms with Gasteiger partial charge in [-0.3, -0.25) is 19.3 Å². The molecule has 7 nitrogen and oxygen atoms in total. The molecule has 1 aliphatic rings. The Morgan fingerprint density at radius 2 is 1.59 bits per heavy atom. The molecule has 0 bridgehead atoms. The molecule has 0 spiro atoms. The maximum Gasteiger partial charge on any atom is 0.238 e. The molecular weight excluding hydrogens is 368 g/mol. The summed E-state index contributed by atoms with van der Waals surface area (Å²) in [5.74, 6) is -0.0454. The Bertz CT molecular complexity index is 727. The van der Waals surface area contributed by atoms with Crippen LogP contribution < -0.4 is 10.6 Å². The van der Waals surface area contributed by atoms with Gasteiger partial charge in [0.1, 0.15) is 0 Å². The van der Waals surface area contributed by atoms with Crippen LogP contribution in [0.3, 0.4) is 0 Å². The van der Waals surface area contributed by atoms with Crippen LogP contribution in [0.25, 0.3) is 0 Å². The van der Waals surface area contributed by atoms with Gasteiger partial charge in [0.25, 0.3) is 0 Å². The minimum atomic E-state index is -0.452. The predicted octanol–water partition coefficient (Wildman–Crippen LogP) is 1.94. The number of aryl methyl sites for hydroxylation is 2. The highest BCUT2D eigenvalue weighted by Crippen LogP contribution is 2.19. The normalized spacial score (nSPS) is 15.1. The van der Waals surface area contributed by atoms with E-state index >= 15 is 0 Å². The standard InChI is InChI=1S/C22H34N4O3/c1-16-7-6-8-17(2)20(16)24-18(27)15-25-11-13-26(14-12-25)19(28)9-10-23-21(29)22(3,4)5/h6-8H,9-15H2,1-5H3,(H,23,29)(H,24,27). The molecule has 3 amide bonds. The molecule has 0 saturated carbocycles. The van der Waals surface area contributed by atoms with Gasteiger partial charge in [0.15, 0.2) is 0 Å². The second-order valence-corrected chi connectivity index (χ2v) is 8.73. The number of nitrogens with zero attached hydrogens (tertiary/aromatic N) is 2. The summed E-state index contributed by atoms with van der Waals surface area (Å²) in [6.45, 7) is 12.7. The second kappa shape index (κ2) is 9.87. The number of benzene rings is 1. The molecule has 1 aliphatic heterocycles. The van der Waals surface area contributed by atoms with Crippen LogP contribution in [0.4, 0.5) is 5.69 Å². The maximum absolute atomic E-state index is 12.4. The van der Waals surface area contributed by atoms with Crippen molar-refractivity contribution in [1.29, 1.82) is 0 Å². The third kappa shape index (κ3) is 6.85. The summed E-state index contributed by atoms with van der Waals surface area (Å²) in [5.41, 5.74) is 2.52. The van der Waals surface area contributed by atoms with Gasteiger partial charge >= 0.3 is 0 Å². The van der Waals surface area contributed by atoms with Crippen LogP contribution in [0, 0.1) is 19.3 Å². The minimum Gasteiger partial charge on any atom is -0.355 e. The van der Waals surface area contributed by atoms with Gasteiger partial charge in [-0.2, -0.15) is 0 Å². The van der Waals surface area contributed by atoms with Crippen molar-refractivity contribution in [3.05, 3.63) is 29.3 Å². The summed E-state index contributed by atoms with van der Waals surface area (Å²) in [4.78, 5) is 40.5. The summed E-state index contributed by atoms with van der Waals surface area (Å²) >= 11 is 0. The summed E-state index contributed by atoms with van der Waals surface area (Å²) < 4.78 is 0. The van der Waals surface area contributed by atoms with E-state index < -0.39 is 5.41 Å². The van der Waals surface area contributed by atoms with E-state index in [0.29, 0.717) is 45.7 Å². The molecule has 1 heterocycles. The zero-order chi connectivity index (χ0) is 21.6. The molecule has 1 saturated heterocycles. The quantitative estimate of drug-likeness (QED) is 0.762. The van der Waals surface area contributed by atoms with E-state index in [9.17, 15) is 14.4 Å². The first-order valence-corrected chi connectivity index (χ1v) is 10.2. The van der Waals surface area contributed by atoms with Crippen molar-refractivity contribution < 1.29 is 14.4 Å². The SMILES string of the molecule is Cc1cccc(C)c1NC(=O)CN1CCN(C(=O)CCNC(=O)C(C)(C)C)CC1. The molecule has 160 valence electrons. The van der Waals surface area contributed by atoms with E-state index in [1.807, 2.05) is 57.7 Å². The molecule has 2 rings (SSSR count). The summed E-state index contributed by atoms with van der Waals surface area (Å²) in [5, 5.41) is 5.82. The maximum atomic E-state index is 12.4. The van der Waals surface area contributed by atoms with Gasteiger partial charge in [-0.15, -0.1) is 0 Å². The fourth-order valence-corrected chi connectivity index (χ4v) is 3.26. The highest BCUT2D eigenvalue weighted by Gasteiger charge is 2.24. The fourth-order valence-electron chi connectivity index (χ4n) is 3.26. The number of para-hydroxylation sites is 1. The van der Waals surface area contributed by atoms with Gasteiger partial charge in [0, 0.05) is 50.2 Å². The lowest BCUT2D eigenvalue weighted by Gasteiger charge is -2.34. The Hall–Kier alpha value is -2.41. The lowest BCUT2D eigenvalue weighted by Crippen LogP contribution is -2.51. The molecule has 7 heteroatoms. The van der Waals surface area contributed by atoms with Crippen LogP contribution in [0.2, 0.25) is 0 Å². The molecule has 0 aromatic heterocycles. The van der Waals surface area contributed by atoms with Crippen LogP contribution in [0.15, 0.2) is 18.2 Å². The van der Waals surface area contributed by atoms with Crippen molar-refractivity contribution in [2.75, 3.05) is 44.6 Å². The Kier molecular flexibility index (Phi) is 7.79. The smallest absolute Gasteiger partial charge is 0.238 e. The zero-order valence-corrected chi connectivity index (χ0v) is 18.3. The van der Waals surface area contributed by atoms with Gasteiger partial charge in [-0.05, 0) is 25.0 Å².